The average molecular weight is 321 g/mol. The Bertz CT molecular complexity index is 346. The second-order valence-corrected chi connectivity index (χ2v) is 3.75. The molecule has 0 aliphatic rings. The van der Waals surface area contributed by atoms with Crippen LogP contribution in [0.2, 0.25) is 0 Å². The summed E-state index contributed by atoms with van der Waals surface area (Å²) in [4.78, 5) is 0. The molecule has 0 amide bonds. The fourth-order valence-electron chi connectivity index (χ4n) is 1.10. The Hall–Kier alpha value is -0.460. The summed E-state index contributed by atoms with van der Waals surface area (Å²) in [6.07, 6.45) is -4.66. The summed E-state index contributed by atoms with van der Waals surface area (Å²) < 4.78 is 40.6. The highest BCUT2D eigenvalue weighted by Crippen LogP contribution is 2.28. The van der Waals surface area contributed by atoms with Gasteiger partial charge >= 0.3 is 6.36 Å². The van der Waals surface area contributed by atoms with Crippen LogP contribution in [0.25, 0.3) is 0 Å². The molecule has 0 unspecified atom stereocenters. The predicted molar refractivity (Wildman–Crippen MR) is 60.8 cm³/mol. The molecular formula is C9H10BrClF3NO. The van der Waals surface area contributed by atoms with Gasteiger partial charge in [0.25, 0.3) is 0 Å². The maximum atomic E-state index is 12.0. The number of ether oxygens (including phenoxy) is 1. The molecule has 0 aliphatic carbocycles. The molecule has 1 N–H and O–H groups in total. The first-order valence-corrected chi connectivity index (χ1v) is 4.90. The molecule has 0 fully saturated rings. The lowest BCUT2D eigenvalue weighted by atomic mass is 10.2. The highest BCUT2D eigenvalue weighted by Gasteiger charge is 2.31. The van der Waals surface area contributed by atoms with Crippen LogP contribution in [-0.2, 0) is 6.54 Å². The number of halogens is 5. The second-order valence-electron chi connectivity index (χ2n) is 2.83. The lowest BCUT2D eigenvalue weighted by Gasteiger charge is -2.13. The summed E-state index contributed by atoms with van der Waals surface area (Å²) in [5, 5.41) is 2.77. The van der Waals surface area contributed by atoms with Crippen molar-refractivity contribution >= 4 is 28.3 Å². The van der Waals surface area contributed by atoms with E-state index in [0.29, 0.717) is 16.6 Å². The molecule has 2 nitrogen and oxygen atoms in total. The number of benzene rings is 1. The molecule has 0 heterocycles. The lowest BCUT2D eigenvalue weighted by Crippen LogP contribution is -2.19. The number of rotatable bonds is 3. The fourth-order valence-corrected chi connectivity index (χ4v) is 1.51. The summed E-state index contributed by atoms with van der Waals surface area (Å²) in [6, 6.07) is 4.36. The smallest absolute Gasteiger partial charge is 0.405 e. The van der Waals surface area contributed by atoms with Gasteiger partial charge in [0.15, 0.2) is 0 Å². The molecule has 0 saturated carbocycles. The maximum Gasteiger partial charge on any atom is 0.573 e. The molecule has 92 valence electrons. The minimum Gasteiger partial charge on any atom is -0.405 e. The van der Waals surface area contributed by atoms with E-state index in [9.17, 15) is 13.2 Å². The number of hydrogen-bond donors (Lipinski definition) is 1. The molecular weight excluding hydrogens is 310 g/mol. The van der Waals surface area contributed by atoms with Crippen molar-refractivity contribution < 1.29 is 17.9 Å². The third-order valence-electron chi connectivity index (χ3n) is 1.62. The largest absolute Gasteiger partial charge is 0.573 e. The molecule has 0 bridgehead atoms. The van der Waals surface area contributed by atoms with Crippen molar-refractivity contribution in [2.45, 2.75) is 12.9 Å². The Kier molecular flexibility index (Phi) is 6.14. The van der Waals surface area contributed by atoms with Gasteiger partial charge in [0, 0.05) is 16.6 Å². The van der Waals surface area contributed by atoms with Crippen LogP contribution in [0, 0.1) is 0 Å². The van der Waals surface area contributed by atoms with Crippen LogP contribution in [0.1, 0.15) is 5.56 Å². The van der Waals surface area contributed by atoms with Crippen molar-refractivity contribution in [3.63, 3.8) is 0 Å². The van der Waals surface area contributed by atoms with Gasteiger partial charge in [-0.25, -0.2) is 0 Å². The van der Waals surface area contributed by atoms with Crippen molar-refractivity contribution in [3.05, 3.63) is 28.2 Å². The van der Waals surface area contributed by atoms with Crippen LogP contribution >= 0.6 is 28.3 Å². The SMILES string of the molecule is CNCc1cc(Br)ccc1OC(F)(F)F.Cl. The van der Waals surface area contributed by atoms with Crippen molar-refractivity contribution in [1.82, 2.24) is 5.32 Å². The molecule has 1 rings (SSSR count). The summed E-state index contributed by atoms with van der Waals surface area (Å²) in [5.74, 6) is -0.181. The van der Waals surface area contributed by atoms with E-state index in [1.807, 2.05) is 0 Å². The van der Waals surface area contributed by atoms with Gasteiger partial charge < -0.3 is 10.1 Å². The number of hydrogen-bond acceptors (Lipinski definition) is 2. The van der Waals surface area contributed by atoms with Gasteiger partial charge in [-0.1, -0.05) is 15.9 Å². The minimum atomic E-state index is -4.66. The normalized spacial score (nSPS) is 10.8. The maximum absolute atomic E-state index is 12.0. The van der Waals surface area contributed by atoms with Crippen LogP contribution in [0.3, 0.4) is 0 Å². The summed E-state index contributed by atoms with van der Waals surface area (Å²) >= 11 is 3.18. The van der Waals surface area contributed by atoms with Gasteiger partial charge in [0.2, 0.25) is 0 Å². The Labute approximate surface area is 106 Å². The Morgan fingerprint density at radius 3 is 2.50 bits per heavy atom. The monoisotopic (exact) mass is 319 g/mol. The topological polar surface area (TPSA) is 21.3 Å². The zero-order chi connectivity index (χ0) is 11.5. The molecule has 1 aromatic carbocycles. The lowest BCUT2D eigenvalue weighted by molar-refractivity contribution is -0.274. The van der Waals surface area contributed by atoms with Crippen LogP contribution in [0.4, 0.5) is 13.2 Å². The van der Waals surface area contributed by atoms with Crippen LogP contribution in [0.5, 0.6) is 5.75 Å². The first kappa shape index (κ1) is 15.5. The second kappa shape index (κ2) is 6.32. The molecule has 0 spiro atoms. The third-order valence-corrected chi connectivity index (χ3v) is 2.11. The summed E-state index contributed by atoms with van der Waals surface area (Å²) in [7, 11) is 1.65. The highest BCUT2D eigenvalue weighted by atomic mass is 79.9. The van der Waals surface area contributed by atoms with E-state index in [-0.39, 0.29) is 18.2 Å². The van der Waals surface area contributed by atoms with E-state index in [1.54, 1.807) is 13.1 Å². The Morgan fingerprint density at radius 1 is 1.38 bits per heavy atom. The fraction of sp³-hybridized carbons (Fsp3) is 0.333. The first-order chi connectivity index (χ1) is 6.92. The molecule has 7 heteroatoms. The van der Waals surface area contributed by atoms with Crippen molar-refractivity contribution in [1.29, 1.82) is 0 Å². The quantitative estimate of drug-likeness (QED) is 0.920. The highest BCUT2D eigenvalue weighted by molar-refractivity contribution is 9.10. The third kappa shape index (κ3) is 5.05. The zero-order valence-electron chi connectivity index (χ0n) is 8.27. The van der Waals surface area contributed by atoms with Crippen LogP contribution < -0.4 is 10.1 Å². The van der Waals surface area contributed by atoms with Gasteiger partial charge in [-0.2, -0.15) is 0 Å². The van der Waals surface area contributed by atoms with Crippen molar-refractivity contribution in [3.8, 4) is 5.75 Å². The molecule has 1 aromatic rings. The van der Waals surface area contributed by atoms with Gasteiger partial charge in [0.05, 0.1) is 0 Å². The standard InChI is InChI=1S/C9H9BrF3NO.ClH/c1-14-5-6-4-7(10)2-3-8(6)15-9(11,12)13;/h2-4,14H,5H2,1H3;1H. The van der Waals surface area contributed by atoms with E-state index in [4.69, 9.17) is 0 Å². The van der Waals surface area contributed by atoms with Crippen molar-refractivity contribution in [2.24, 2.45) is 0 Å². The zero-order valence-corrected chi connectivity index (χ0v) is 10.7. The van der Waals surface area contributed by atoms with E-state index < -0.39 is 6.36 Å². The molecule has 16 heavy (non-hydrogen) atoms. The van der Waals surface area contributed by atoms with Crippen molar-refractivity contribution in [2.75, 3.05) is 7.05 Å². The average Bonchev–Trinajstić information content (AvgIpc) is 2.08. The van der Waals surface area contributed by atoms with Crippen LogP contribution in [0.15, 0.2) is 22.7 Å². The van der Waals surface area contributed by atoms with Gasteiger partial charge in [-0.3, -0.25) is 0 Å². The van der Waals surface area contributed by atoms with E-state index in [0.717, 1.165) is 0 Å². The minimum absolute atomic E-state index is 0. The van der Waals surface area contributed by atoms with E-state index in [2.05, 4.69) is 26.0 Å². The number of alkyl halides is 3. The molecule has 0 saturated heterocycles. The molecule has 0 aliphatic heterocycles. The number of nitrogens with one attached hydrogen (secondary N) is 1. The van der Waals surface area contributed by atoms with E-state index in [1.165, 1.54) is 12.1 Å². The van der Waals surface area contributed by atoms with Gasteiger partial charge in [-0.15, -0.1) is 25.6 Å². The Balaban J connectivity index is 0.00000225. The van der Waals surface area contributed by atoms with Gasteiger partial charge in [0.1, 0.15) is 5.75 Å². The van der Waals surface area contributed by atoms with E-state index >= 15 is 0 Å². The molecule has 0 aromatic heterocycles. The first-order valence-electron chi connectivity index (χ1n) is 4.11. The van der Waals surface area contributed by atoms with Crippen LogP contribution in [-0.4, -0.2) is 13.4 Å². The summed E-state index contributed by atoms with van der Waals surface area (Å²) in [6.45, 7) is 0.310. The molecule has 0 radical (unpaired) electrons. The predicted octanol–water partition coefficient (Wildman–Crippen LogP) is 3.49. The Morgan fingerprint density at radius 2 is 2.00 bits per heavy atom. The van der Waals surface area contributed by atoms with Gasteiger partial charge in [-0.05, 0) is 25.2 Å². The summed E-state index contributed by atoms with van der Waals surface area (Å²) in [5.41, 5.74) is 0.448. The molecule has 0 atom stereocenters.